The summed E-state index contributed by atoms with van der Waals surface area (Å²) in [6.07, 6.45) is 5.39. The molecule has 1 heterocycles. The van der Waals surface area contributed by atoms with E-state index in [1.807, 2.05) is 0 Å². The molecule has 2 fully saturated rings. The topological polar surface area (TPSA) is 29.3 Å². The van der Waals surface area contributed by atoms with Crippen molar-refractivity contribution in [3.8, 4) is 0 Å². The van der Waals surface area contributed by atoms with Crippen molar-refractivity contribution in [3.63, 3.8) is 0 Å². The first-order valence-electron chi connectivity index (χ1n) is 5.58. The van der Waals surface area contributed by atoms with Gasteiger partial charge < -0.3 is 10.6 Å². The van der Waals surface area contributed by atoms with Crippen LogP contribution in [0.2, 0.25) is 0 Å². The molecule has 2 aliphatic rings. The maximum Gasteiger partial charge on any atom is 0.0122 e. The summed E-state index contributed by atoms with van der Waals surface area (Å²) in [6.45, 7) is 4.82. The Morgan fingerprint density at radius 1 is 1.23 bits per heavy atom. The number of nitrogens with two attached hydrogens (primary N) is 1. The molecule has 1 saturated carbocycles. The molecule has 1 unspecified atom stereocenters. The summed E-state index contributed by atoms with van der Waals surface area (Å²) in [6, 6.07) is 0.473. The van der Waals surface area contributed by atoms with Crippen molar-refractivity contribution in [2.24, 2.45) is 17.1 Å². The van der Waals surface area contributed by atoms with Crippen molar-refractivity contribution < 1.29 is 0 Å². The standard InChI is InChI=1S/C11H22N2/c1-9-3-4-11(10(9)12)5-7-13(2)8-6-11/h9-10H,3-8,12H2,1-2H3/t9?,10-/m1/s1. The van der Waals surface area contributed by atoms with Crippen molar-refractivity contribution in [2.45, 2.75) is 38.6 Å². The van der Waals surface area contributed by atoms with Gasteiger partial charge in [0.15, 0.2) is 0 Å². The predicted molar refractivity (Wildman–Crippen MR) is 55.5 cm³/mol. The average Bonchev–Trinajstić information content (AvgIpc) is 2.40. The minimum Gasteiger partial charge on any atom is -0.327 e. The third kappa shape index (κ3) is 1.50. The molecule has 2 atom stereocenters. The fourth-order valence-corrected chi connectivity index (χ4v) is 3.11. The second kappa shape index (κ2) is 3.25. The second-order valence-corrected chi connectivity index (χ2v) is 5.21. The molecule has 1 aliphatic heterocycles. The lowest BCUT2D eigenvalue weighted by Crippen LogP contribution is -2.47. The zero-order valence-corrected chi connectivity index (χ0v) is 8.92. The monoisotopic (exact) mass is 182 g/mol. The van der Waals surface area contributed by atoms with Gasteiger partial charge in [0.2, 0.25) is 0 Å². The number of nitrogens with zero attached hydrogens (tertiary/aromatic N) is 1. The first kappa shape index (κ1) is 9.47. The van der Waals surface area contributed by atoms with Gasteiger partial charge in [0.25, 0.3) is 0 Å². The van der Waals surface area contributed by atoms with Gasteiger partial charge in [-0.05, 0) is 57.2 Å². The van der Waals surface area contributed by atoms with Crippen LogP contribution in [0.3, 0.4) is 0 Å². The molecule has 0 radical (unpaired) electrons. The summed E-state index contributed by atoms with van der Waals surface area (Å²) >= 11 is 0. The van der Waals surface area contributed by atoms with Gasteiger partial charge in [0.1, 0.15) is 0 Å². The molecule has 1 aliphatic carbocycles. The molecule has 0 aromatic rings. The number of hydrogen-bond donors (Lipinski definition) is 1. The summed E-state index contributed by atoms with van der Waals surface area (Å²) in [4.78, 5) is 2.43. The van der Waals surface area contributed by atoms with E-state index in [0.29, 0.717) is 11.5 Å². The lowest BCUT2D eigenvalue weighted by molar-refractivity contribution is 0.106. The molecule has 2 heteroatoms. The first-order chi connectivity index (χ1) is 6.14. The van der Waals surface area contributed by atoms with E-state index in [0.717, 1.165) is 5.92 Å². The summed E-state index contributed by atoms with van der Waals surface area (Å²) in [5.41, 5.74) is 6.83. The number of rotatable bonds is 0. The Kier molecular flexibility index (Phi) is 2.37. The van der Waals surface area contributed by atoms with E-state index in [1.165, 1.54) is 38.8 Å². The Labute approximate surface area is 81.5 Å². The molecule has 1 spiro atoms. The first-order valence-corrected chi connectivity index (χ1v) is 5.58. The maximum absolute atomic E-state index is 6.31. The van der Waals surface area contributed by atoms with Crippen LogP contribution in [0.4, 0.5) is 0 Å². The van der Waals surface area contributed by atoms with Crippen LogP contribution in [0.1, 0.15) is 32.6 Å². The van der Waals surface area contributed by atoms with Crippen molar-refractivity contribution >= 4 is 0 Å². The van der Waals surface area contributed by atoms with Crippen molar-refractivity contribution in [3.05, 3.63) is 0 Å². The lowest BCUT2D eigenvalue weighted by Gasteiger charge is -2.41. The minimum absolute atomic E-state index is 0.473. The molecular formula is C11H22N2. The Morgan fingerprint density at radius 2 is 1.85 bits per heavy atom. The molecule has 2 rings (SSSR count). The molecular weight excluding hydrogens is 160 g/mol. The van der Waals surface area contributed by atoms with Crippen molar-refractivity contribution in [1.82, 2.24) is 4.90 Å². The zero-order valence-electron chi connectivity index (χ0n) is 8.92. The fraction of sp³-hybridized carbons (Fsp3) is 1.00. The highest BCUT2D eigenvalue weighted by molar-refractivity contribution is 5.00. The van der Waals surface area contributed by atoms with Crippen LogP contribution in [0, 0.1) is 11.3 Å². The van der Waals surface area contributed by atoms with E-state index < -0.39 is 0 Å². The molecule has 0 aromatic heterocycles. The van der Waals surface area contributed by atoms with E-state index in [1.54, 1.807) is 0 Å². The largest absolute Gasteiger partial charge is 0.327 e. The van der Waals surface area contributed by atoms with Gasteiger partial charge in [-0.15, -0.1) is 0 Å². The van der Waals surface area contributed by atoms with E-state index >= 15 is 0 Å². The van der Waals surface area contributed by atoms with Crippen LogP contribution in [0.15, 0.2) is 0 Å². The van der Waals surface area contributed by atoms with Crippen LogP contribution in [-0.4, -0.2) is 31.1 Å². The van der Waals surface area contributed by atoms with E-state index in [4.69, 9.17) is 5.73 Å². The molecule has 0 aromatic carbocycles. The maximum atomic E-state index is 6.31. The lowest BCUT2D eigenvalue weighted by atomic mass is 9.73. The zero-order chi connectivity index (χ0) is 9.47. The van der Waals surface area contributed by atoms with Gasteiger partial charge in [-0.1, -0.05) is 6.92 Å². The summed E-state index contributed by atoms with van der Waals surface area (Å²) < 4.78 is 0. The SMILES string of the molecule is CC1CCC2(CCN(C)CC2)[C@@H]1N. The molecule has 1 saturated heterocycles. The summed E-state index contributed by atoms with van der Waals surface area (Å²) in [7, 11) is 2.22. The summed E-state index contributed by atoms with van der Waals surface area (Å²) in [5, 5.41) is 0. The fourth-order valence-electron chi connectivity index (χ4n) is 3.11. The minimum atomic E-state index is 0.473. The molecule has 2 nitrogen and oxygen atoms in total. The van der Waals surface area contributed by atoms with Gasteiger partial charge in [-0.2, -0.15) is 0 Å². The highest BCUT2D eigenvalue weighted by Gasteiger charge is 2.45. The van der Waals surface area contributed by atoms with Gasteiger partial charge >= 0.3 is 0 Å². The van der Waals surface area contributed by atoms with Crippen LogP contribution in [-0.2, 0) is 0 Å². The van der Waals surface area contributed by atoms with Crippen LogP contribution in [0.5, 0.6) is 0 Å². The van der Waals surface area contributed by atoms with E-state index in [9.17, 15) is 0 Å². The molecule has 0 bridgehead atoms. The quantitative estimate of drug-likeness (QED) is 0.614. The third-order valence-corrected chi connectivity index (χ3v) is 4.40. The Morgan fingerprint density at radius 3 is 2.31 bits per heavy atom. The Hall–Kier alpha value is -0.0800. The van der Waals surface area contributed by atoms with Crippen LogP contribution >= 0.6 is 0 Å². The normalized spacial score (nSPS) is 39.9. The van der Waals surface area contributed by atoms with E-state index in [2.05, 4.69) is 18.9 Å². The third-order valence-electron chi connectivity index (χ3n) is 4.40. The molecule has 76 valence electrons. The smallest absolute Gasteiger partial charge is 0.0122 e. The Balaban J connectivity index is 2.05. The van der Waals surface area contributed by atoms with Gasteiger partial charge in [-0.25, -0.2) is 0 Å². The molecule has 0 amide bonds. The number of piperidine rings is 1. The number of likely N-dealkylation sites (tertiary alicyclic amines) is 1. The molecule has 2 N–H and O–H groups in total. The van der Waals surface area contributed by atoms with Crippen molar-refractivity contribution in [1.29, 1.82) is 0 Å². The van der Waals surface area contributed by atoms with E-state index in [-0.39, 0.29) is 0 Å². The predicted octanol–water partition coefficient (Wildman–Crippen LogP) is 1.46. The molecule has 13 heavy (non-hydrogen) atoms. The average molecular weight is 182 g/mol. The van der Waals surface area contributed by atoms with Gasteiger partial charge in [0, 0.05) is 6.04 Å². The van der Waals surface area contributed by atoms with Gasteiger partial charge in [-0.3, -0.25) is 0 Å². The second-order valence-electron chi connectivity index (χ2n) is 5.21. The number of hydrogen-bond acceptors (Lipinski definition) is 2. The van der Waals surface area contributed by atoms with Crippen LogP contribution in [0.25, 0.3) is 0 Å². The van der Waals surface area contributed by atoms with Crippen LogP contribution < -0.4 is 5.73 Å². The van der Waals surface area contributed by atoms with Crippen molar-refractivity contribution in [2.75, 3.05) is 20.1 Å². The Bertz CT molecular complexity index is 183. The highest BCUT2D eigenvalue weighted by atomic mass is 15.1. The summed E-state index contributed by atoms with van der Waals surface area (Å²) in [5.74, 6) is 0.753. The van der Waals surface area contributed by atoms with Gasteiger partial charge in [0.05, 0.1) is 0 Å². The highest BCUT2D eigenvalue weighted by Crippen LogP contribution is 2.47.